The van der Waals surface area contributed by atoms with Crippen molar-refractivity contribution in [2.24, 2.45) is 0 Å². The van der Waals surface area contributed by atoms with Gasteiger partial charge in [-0.15, -0.1) is 0 Å². The lowest BCUT2D eigenvalue weighted by molar-refractivity contribution is -0.124. The minimum absolute atomic E-state index is 0.00920. The van der Waals surface area contributed by atoms with E-state index in [4.69, 9.17) is 4.74 Å². The molecule has 122 valence electrons. The van der Waals surface area contributed by atoms with Gasteiger partial charge in [0.2, 0.25) is 5.91 Å². The predicted octanol–water partition coefficient (Wildman–Crippen LogP) is 2.94. The second-order valence-electron chi connectivity index (χ2n) is 5.16. The van der Waals surface area contributed by atoms with Crippen molar-refractivity contribution in [3.63, 3.8) is 0 Å². The molecule has 2 rings (SSSR count). The summed E-state index contributed by atoms with van der Waals surface area (Å²) in [4.78, 5) is 12.2. The number of thioether (sulfide) groups is 1. The molecule has 1 saturated heterocycles. The van der Waals surface area contributed by atoms with Crippen molar-refractivity contribution in [1.82, 2.24) is 10.6 Å². The maximum absolute atomic E-state index is 12.5. The van der Waals surface area contributed by atoms with E-state index >= 15 is 0 Å². The fraction of sp³-hybridized carbons (Fsp3) is 0.533. The van der Waals surface area contributed by atoms with Gasteiger partial charge in [0.05, 0.1) is 18.0 Å². The molecule has 1 heterocycles. The van der Waals surface area contributed by atoms with E-state index in [1.165, 1.54) is 7.11 Å². The van der Waals surface area contributed by atoms with Crippen LogP contribution in [0.3, 0.4) is 0 Å². The highest BCUT2D eigenvalue weighted by molar-refractivity contribution is 7.99. The molecule has 22 heavy (non-hydrogen) atoms. The van der Waals surface area contributed by atoms with Crippen LogP contribution in [0.4, 0.5) is 8.78 Å². The molecular weight excluding hydrogens is 310 g/mol. The van der Waals surface area contributed by atoms with Gasteiger partial charge in [-0.3, -0.25) is 10.1 Å². The lowest BCUT2D eigenvalue weighted by Gasteiger charge is -2.26. The van der Waals surface area contributed by atoms with Crippen LogP contribution < -0.4 is 15.4 Å². The normalized spacial score (nSPS) is 19.9. The summed E-state index contributed by atoms with van der Waals surface area (Å²) in [6, 6.07) is 4.86. The van der Waals surface area contributed by atoms with Crippen molar-refractivity contribution in [3.05, 3.63) is 23.8 Å². The molecule has 1 aliphatic rings. The van der Waals surface area contributed by atoms with Crippen LogP contribution in [0.2, 0.25) is 0 Å². The van der Waals surface area contributed by atoms with E-state index in [-0.39, 0.29) is 18.0 Å². The maximum atomic E-state index is 12.5. The third-order valence-electron chi connectivity index (χ3n) is 3.64. The molecule has 2 N–H and O–H groups in total. The minimum Gasteiger partial charge on any atom is -0.496 e. The number of hydrogen-bond donors (Lipinski definition) is 2. The number of ether oxygens (including phenoxy) is 1. The summed E-state index contributed by atoms with van der Waals surface area (Å²) in [6.45, 7) is 2.66. The van der Waals surface area contributed by atoms with Crippen molar-refractivity contribution >= 4 is 17.7 Å². The van der Waals surface area contributed by atoms with E-state index in [2.05, 4.69) is 10.6 Å². The highest BCUT2D eigenvalue weighted by Crippen LogP contribution is 2.35. The number of amides is 1. The molecule has 4 nitrogen and oxygen atoms in total. The van der Waals surface area contributed by atoms with Gasteiger partial charge in [-0.25, -0.2) is 0 Å². The van der Waals surface area contributed by atoms with Crippen molar-refractivity contribution < 1.29 is 18.3 Å². The Balaban J connectivity index is 2.08. The average molecular weight is 330 g/mol. The number of carbonyl (C=O) groups is 1. The van der Waals surface area contributed by atoms with Crippen LogP contribution in [-0.4, -0.2) is 31.4 Å². The van der Waals surface area contributed by atoms with Gasteiger partial charge in [0.1, 0.15) is 5.75 Å². The van der Waals surface area contributed by atoms with E-state index in [1.54, 1.807) is 18.2 Å². The molecule has 0 bridgehead atoms. The highest BCUT2D eigenvalue weighted by atomic mass is 32.2. The highest BCUT2D eigenvalue weighted by Gasteiger charge is 2.24. The van der Waals surface area contributed by atoms with Gasteiger partial charge < -0.3 is 10.1 Å². The first-order valence-corrected chi connectivity index (χ1v) is 8.05. The van der Waals surface area contributed by atoms with Crippen LogP contribution in [0.25, 0.3) is 0 Å². The number of halogens is 2. The SMILES string of the molecule is COc1cc([C@@H](C)N[C@@H]2CCCNC2=O)ccc1SC(F)F. The Hall–Kier alpha value is -1.34. The quantitative estimate of drug-likeness (QED) is 0.788. The fourth-order valence-corrected chi connectivity index (χ4v) is 3.07. The molecule has 1 amide bonds. The lowest BCUT2D eigenvalue weighted by atomic mass is 10.0. The van der Waals surface area contributed by atoms with E-state index in [0.717, 1.165) is 24.9 Å². The molecule has 2 atom stereocenters. The Bertz CT molecular complexity index is 528. The van der Waals surface area contributed by atoms with E-state index < -0.39 is 5.76 Å². The number of alkyl halides is 2. The Morgan fingerprint density at radius 2 is 2.23 bits per heavy atom. The topological polar surface area (TPSA) is 50.4 Å². The zero-order valence-corrected chi connectivity index (χ0v) is 13.4. The Kier molecular flexibility index (Phi) is 6.02. The molecule has 1 fully saturated rings. The number of rotatable bonds is 6. The Labute approximate surface area is 133 Å². The van der Waals surface area contributed by atoms with E-state index in [9.17, 15) is 13.6 Å². The maximum Gasteiger partial charge on any atom is 0.289 e. The monoisotopic (exact) mass is 330 g/mol. The Morgan fingerprint density at radius 1 is 1.45 bits per heavy atom. The van der Waals surface area contributed by atoms with Gasteiger partial charge >= 0.3 is 0 Å². The third-order valence-corrected chi connectivity index (χ3v) is 4.41. The van der Waals surface area contributed by atoms with Crippen molar-refractivity contribution in [2.75, 3.05) is 13.7 Å². The summed E-state index contributed by atoms with van der Waals surface area (Å²) in [5.74, 6) is -2.05. The number of benzene rings is 1. The summed E-state index contributed by atoms with van der Waals surface area (Å²) in [7, 11) is 1.46. The minimum atomic E-state index is -2.48. The lowest BCUT2D eigenvalue weighted by Crippen LogP contribution is -2.48. The van der Waals surface area contributed by atoms with Crippen LogP contribution in [0, 0.1) is 0 Å². The summed E-state index contributed by atoms with van der Waals surface area (Å²) in [6.07, 6.45) is 1.75. The molecule has 1 aromatic rings. The second-order valence-corrected chi connectivity index (χ2v) is 6.19. The predicted molar refractivity (Wildman–Crippen MR) is 82.4 cm³/mol. The molecule has 1 aromatic carbocycles. The Morgan fingerprint density at radius 3 is 2.86 bits per heavy atom. The number of piperidine rings is 1. The molecule has 1 aliphatic heterocycles. The van der Waals surface area contributed by atoms with Crippen molar-refractivity contribution in [2.45, 2.75) is 42.5 Å². The molecule has 0 radical (unpaired) electrons. The summed E-state index contributed by atoms with van der Waals surface area (Å²) in [5.41, 5.74) is 0.897. The van der Waals surface area contributed by atoms with Crippen LogP contribution in [0.15, 0.2) is 23.1 Å². The first kappa shape index (κ1) is 17.0. The summed E-state index contributed by atoms with van der Waals surface area (Å²) in [5, 5.41) is 6.10. The van der Waals surface area contributed by atoms with Crippen molar-refractivity contribution in [3.8, 4) is 5.75 Å². The van der Waals surface area contributed by atoms with Gasteiger partial charge in [0.25, 0.3) is 5.76 Å². The number of carbonyl (C=O) groups excluding carboxylic acids is 1. The molecule has 0 unspecified atom stereocenters. The van der Waals surface area contributed by atoms with Gasteiger partial charge in [0, 0.05) is 12.6 Å². The molecule has 0 saturated carbocycles. The second kappa shape index (κ2) is 7.78. The summed E-state index contributed by atoms with van der Waals surface area (Å²) < 4.78 is 30.2. The van der Waals surface area contributed by atoms with E-state index in [0.29, 0.717) is 22.4 Å². The van der Waals surface area contributed by atoms with Crippen molar-refractivity contribution in [1.29, 1.82) is 0 Å². The number of hydrogen-bond acceptors (Lipinski definition) is 4. The standard InChI is InChI=1S/C15H20F2N2O2S/c1-9(19-11-4-3-7-18-14(11)20)10-5-6-13(22-15(16)17)12(8-10)21-2/h5-6,8-9,11,15,19H,3-4,7H2,1-2H3,(H,18,20)/t9-,11-/m1/s1. The van der Waals surface area contributed by atoms with Crippen LogP contribution >= 0.6 is 11.8 Å². The molecule has 0 spiro atoms. The molecule has 7 heteroatoms. The van der Waals surface area contributed by atoms with Crippen LogP contribution in [-0.2, 0) is 4.79 Å². The summed E-state index contributed by atoms with van der Waals surface area (Å²) >= 11 is 0.463. The first-order valence-electron chi connectivity index (χ1n) is 7.17. The third kappa shape index (κ3) is 4.33. The molecule has 0 aliphatic carbocycles. The van der Waals surface area contributed by atoms with Gasteiger partial charge in [0.15, 0.2) is 0 Å². The smallest absolute Gasteiger partial charge is 0.289 e. The zero-order valence-electron chi connectivity index (χ0n) is 12.6. The number of methoxy groups -OCH3 is 1. The molecular formula is C15H20F2N2O2S. The number of nitrogens with one attached hydrogen (secondary N) is 2. The fourth-order valence-electron chi connectivity index (χ4n) is 2.48. The van der Waals surface area contributed by atoms with Gasteiger partial charge in [-0.1, -0.05) is 17.8 Å². The van der Waals surface area contributed by atoms with Crippen LogP contribution in [0.1, 0.15) is 31.4 Å². The van der Waals surface area contributed by atoms with Gasteiger partial charge in [-0.2, -0.15) is 8.78 Å². The largest absolute Gasteiger partial charge is 0.496 e. The first-order chi connectivity index (χ1) is 10.5. The van der Waals surface area contributed by atoms with Crippen LogP contribution in [0.5, 0.6) is 5.75 Å². The zero-order chi connectivity index (χ0) is 16.1. The average Bonchev–Trinajstić information content (AvgIpc) is 2.49. The molecule has 0 aromatic heterocycles. The van der Waals surface area contributed by atoms with Gasteiger partial charge in [-0.05, 0) is 37.5 Å². The van der Waals surface area contributed by atoms with E-state index in [1.807, 2.05) is 6.92 Å².